The second-order valence-electron chi connectivity index (χ2n) is 7.43. The summed E-state index contributed by atoms with van der Waals surface area (Å²) in [5.74, 6) is -4.74. The van der Waals surface area contributed by atoms with Gasteiger partial charge in [-0.3, -0.25) is 9.59 Å². The molecule has 3 rings (SSSR count). The van der Waals surface area contributed by atoms with Crippen molar-refractivity contribution in [1.82, 2.24) is 0 Å². The molecule has 0 heterocycles. The summed E-state index contributed by atoms with van der Waals surface area (Å²) in [6, 6.07) is 6.58. The maximum Gasteiger partial charge on any atom is 0.389 e. The molecule has 2 aromatic carbocycles. The molecule has 0 saturated heterocycles. The van der Waals surface area contributed by atoms with Crippen molar-refractivity contribution in [3.8, 4) is 0 Å². The zero-order chi connectivity index (χ0) is 24.7. The standard InChI is InChI=1S/C21H14Cl3F6NO2/c22-13-4-2-10(8-12(13)15(32)5-6-20(28,29)30)31-19(33)17-16(21(17,23)24)9-1-3-11(18(26)27)14(25)7-9/h1-4,7-8,16-18H,5-6H2,(H,31,33). The zero-order valence-electron chi connectivity index (χ0n) is 16.3. The first-order valence-electron chi connectivity index (χ1n) is 9.38. The Morgan fingerprint density at radius 2 is 1.76 bits per heavy atom. The van der Waals surface area contributed by atoms with Crippen LogP contribution in [-0.2, 0) is 4.79 Å². The van der Waals surface area contributed by atoms with Crippen LogP contribution in [0.4, 0.5) is 32.0 Å². The molecule has 1 aliphatic rings. The number of benzene rings is 2. The van der Waals surface area contributed by atoms with Gasteiger partial charge in [-0.05, 0) is 29.8 Å². The van der Waals surface area contributed by atoms with Crippen molar-refractivity contribution in [2.75, 3.05) is 5.32 Å². The number of ketones is 1. The van der Waals surface area contributed by atoms with Crippen LogP contribution in [-0.4, -0.2) is 22.2 Å². The molecule has 12 heteroatoms. The Balaban J connectivity index is 1.75. The van der Waals surface area contributed by atoms with Crippen LogP contribution in [0.25, 0.3) is 0 Å². The van der Waals surface area contributed by atoms with Crippen molar-refractivity contribution in [2.24, 2.45) is 5.92 Å². The zero-order valence-corrected chi connectivity index (χ0v) is 18.6. The molecule has 3 nitrogen and oxygen atoms in total. The van der Waals surface area contributed by atoms with Crippen molar-refractivity contribution in [2.45, 2.75) is 35.7 Å². The van der Waals surface area contributed by atoms with E-state index in [0.717, 1.165) is 18.2 Å². The Kier molecular flexibility index (Phi) is 7.27. The lowest BCUT2D eigenvalue weighted by atomic mass is 10.0. The predicted octanol–water partition coefficient (Wildman–Crippen LogP) is 7.47. The summed E-state index contributed by atoms with van der Waals surface area (Å²) in [5.41, 5.74) is -0.826. The molecule has 2 aromatic rings. The number of hydrogen-bond acceptors (Lipinski definition) is 2. The molecule has 0 aromatic heterocycles. The van der Waals surface area contributed by atoms with Crippen LogP contribution in [0.5, 0.6) is 0 Å². The summed E-state index contributed by atoms with van der Waals surface area (Å²) in [4.78, 5) is 24.8. The highest BCUT2D eigenvalue weighted by atomic mass is 35.5. The number of halogens is 9. The maximum atomic E-state index is 13.9. The van der Waals surface area contributed by atoms with Gasteiger partial charge in [-0.15, -0.1) is 23.2 Å². The molecule has 2 unspecified atom stereocenters. The summed E-state index contributed by atoms with van der Waals surface area (Å²) in [7, 11) is 0. The van der Waals surface area contributed by atoms with E-state index < -0.39 is 64.7 Å². The first-order chi connectivity index (χ1) is 15.2. The van der Waals surface area contributed by atoms with Gasteiger partial charge in [-0.2, -0.15) is 13.2 Å². The Hall–Kier alpha value is -1.97. The molecule has 0 radical (unpaired) electrons. The number of carbonyl (C=O) groups is 2. The molecule has 1 amide bonds. The third-order valence-electron chi connectivity index (χ3n) is 5.12. The van der Waals surface area contributed by atoms with Gasteiger partial charge in [-0.1, -0.05) is 23.7 Å². The minimum absolute atomic E-state index is 0.0498. The highest BCUT2D eigenvalue weighted by Gasteiger charge is 2.67. The fourth-order valence-electron chi connectivity index (χ4n) is 3.41. The van der Waals surface area contributed by atoms with Crippen LogP contribution < -0.4 is 5.32 Å². The van der Waals surface area contributed by atoms with Crippen molar-refractivity contribution >= 4 is 52.2 Å². The average molecular weight is 533 g/mol. The number of hydrogen-bond donors (Lipinski definition) is 1. The van der Waals surface area contributed by atoms with Gasteiger partial charge in [0.1, 0.15) is 10.2 Å². The van der Waals surface area contributed by atoms with E-state index in [1.807, 2.05) is 0 Å². The SMILES string of the molecule is O=C(CCC(F)(F)F)c1cc(NC(=O)C2C(c3ccc(C(F)F)c(F)c3)C2(Cl)Cl)ccc1Cl. The molecular formula is C21H14Cl3F6NO2. The predicted molar refractivity (Wildman–Crippen MR) is 112 cm³/mol. The van der Waals surface area contributed by atoms with Gasteiger partial charge in [0.05, 0.1) is 22.9 Å². The Labute approximate surface area is 199 Å². The third kappa shape index (κ3) is 5.75. The molecule has 1 aliphatic carbocycles. The smallest absolute Gasteiger partial charge is 0.326 e. The number of alkyl halides is 7. The average Bonchev–Trinajstić information content (AvgIpc) is 3.28. The first-order valence-corrected chi connectivity index (χ1v) is 10.5. The largest absolute Gasteiger partial charge is 0.389 e. The number of nitrogens with one attached hydrogen (secondary N) is 1. The lowest BCUT2D eigenvalue weighted by Crippen LogP contribution is -2.17. The van der Waals surface area contributed by atoms with Crippen LogP contribution in [0.2, 0.25) is 5.02 Å². The Morgan fingerprint density at radius 1 is 1.09 bits per heavy atom. The normalized spacial score (nSPS) is 19.5. The van der Waals surface area contributed by atoms with Crippen molar-refractivity contribution in [3.63, 3.8) is 0 Å². The number of anilines is 1. The summed E-state index contributed by atoms with van der Waals surface area (Å²) >= 11 is 18.2. The van der Waals surface area contributed by atoms with Crippen molar-refractivity contribution in [1.29, 1.82) is 0 Å². The number of carbonyl (C=O) groups excluding carboxylic acids is 2. The van der Waals surface area contributed by atoms with Gasteiger partial charge in [0.15, 0.2) is 5.78 Å². The summed E-state index contributed by atoms with van der Waals surface area (Å²) in [6.07, 6.45) is -9.69. The van der Waals surface area contributed by atoms with Gasteiger partial charge in [0.25, 0.3) is 6.43 Å². The van der Waals surface area contributed by atoms with Crippen LogP contribution in [0.15, 0.2) is 36.4 Å². The molecule has 1 saturated carbocycles. The molecular weight excluding hydrogens is 519 g/mol. The van der Waals surface area contributed by atoms with Crippen molar-refractivity contribution < 1.29 is 35.9 Å². The minimum atomic E-state index is -4.52. The van der Waals surface area contributed by atoms with Gasteiger partial charge in [0.2, 0.25) is 5.91 Å². The van der Waals surface area contributed by atoms with Crippen LogP contribution in [0, 0.1) is 11.7 Å². The monoisotopic (exact) mass is 531 g/mol. The molecule has 2 atom stereocenters. The molecule has 0 bridgehead atoms. The van der Waals surface area contributed by atoms with E-state index in [2.05, 4.69) is 5.32 Å². The molecule has 0 aliphatic heterocycles. The van der Waals surface area contributed by atoms with Crippen LogP contribution >= 0.6 is 34.8 Å². The molecule has 0 spiro atoms. The molecule has 1 fully saturated rings. The fraction of sp³-hybridized carbons (Fsp3) is 0.333. The second kappa shape index (κ2) is 9.35. The lowest BCUT2D eigenvalue weighted by molar-refractivity contribution is -0.133. The summed E-state index contributed by atoms with van der Waals surface area (Å²) in [5, 5.41) is 2.35. The lowest BCUT2D eigenvalue weighted by Gasteiger charge is -2.10. The maximum absolute atomic E-state index is 13.9. The molecule has 1 N–H and O–H groups in total. The molecule has 178 valence electrons. The van der Waals surface area contributed by atoms with Crippen LogP contribution in [0.1, 0.15) is 46.7 Å². The van der Waals surface area contributed by atoms with Crippen molar-refractivity contribution in [3.05, 3.63) is 63.9 Å². The van der Waals surface area contributed by atoms with E-state index in [-0.39, 0.29) is 21.8 Å². The highest BCUT2D eigenvalue weighted by molar-refractivity contribution is 6.53. The number of rotatable bonds is 7. The Morgan fingerprint density at radius 3 is 2.33 bits per heavy atom. The van der Waals surface area contributed by atoms with E-state index >= 15 is 0 Å². The quantitative estimate of drug-likeness (QED) is 0.228. The highest BCUT2D eigenvalue weighted by Crippen LogP contribution is 2.65. The Bertz CT molecular complexity index is 1090. The van der Waals surface area contributed by atoms with Crippen LogP contribution in [0.3, 0.4) is 0 Å². The number of amides is 1. The fourth-order valence-corrected chi connectivity index (χ4v) is 4.46. The number of Topliss-reactive ketones (excluding diaryl/α,β-unsaturated/α-hetero) is 1. The first kappa shape index (κ1) is 25.6. The van der Waals surface area contributed by atoms with E-state index in [9.17, 15) is 35.9 Å². The third-order valence-corrected chi connectivity index (χ3v) is 6.39. The van der Waals surface area contributed by atoms with E-state index in [0.29, 0.717) is 0 Å². The summed E-state index contributed by atoms with van der Waals surface area (Å²) in [6.45, 7) is 0. The van der Waals surface area contributed by atoms with E-state index in [1.165, 1.54) is 18.2 Å². The topological polar surface area (TPSA) is 46.2 Å². The second-order valence-corrected chi connectivity index (χ2v) is 9.29. The van der Waals surface area contributed by atoms with Gasteiger partial charge in [-0.25, -0.2) is 13.2 Å². The van der Waals surface area contributed by atoms with Gasteiger partial charge < -0.3 is 5.32 Å². The van der Waals surface area contributed by atoms with Gasteiger partial charge >= 0.3 is 6.18 Å². The minimum Gasteiger partial charge on any atom is -0.326 e. The van der Waals surface area contributed by atoms with E-state index in [4.69, 9.17) is 34.8 Å². The van der Waals surface area contributed by atoms with Gasteiger partial charge in [0, 0.05) is 23.6 Å². The molecule has 33 heavy (non-hydrogen) atoms. The van der Waals surface area contributed by atoms with E-state index in [1.54, 1.807) is 0 Å². The summed E-state index contributed by atoms with van der Waals surface area (Å²) < 4.78 is 74.9.